The second kappa shape index (κ2) is 6.10. The van der Waals surface area contributed by atoms with Gasteiger partial charge in [0.15, 0.2) is 0 Å². The normalized spacial score (nSPS) is 10.3. The maximum atomic E-state index is 5.45. The van der Waals surface area contributed by atoms with Crippen LogP contribution in [0.15, 0.2) is 30.9 Å². The number of hydrogen-bond acceptors (Lipinski definition) is 6. The number of nitrogens with two attached hydrogens (primary N) is 1. The molecule has 3 N–H and O–H groups in total. The van der Waals surface area contributed by atoms with Crippen LogP contribution in [0.25, 0.3) is 0 Å². The largest absolute Gasteiger partial charge is 0.352 e. The van der Waals surface area contributed by atoms with Crippen LogP contribution >= 0.6 is 0 Å². The lowest BCUT2D eigenvalue weighted by Crippen LogP contribution is -2.25. The standard InChI is InChI=1S/C13H18N6/c1-3-19(8-11-4-6-15-7-5-11)13-10(2)12(18-14)16-9-17-13/h4-7,9H,3,8,14H2,1-2H3,(H,16,17,18). The number of hydrogen-bond donors (Lipinski definition) is 2. The highest BCUT2D eigenvalue weighted by Gasteiger charge is 2.12. The van der Waals surface area contributed by atoms with E-state index >= 15 is 0 Å². The first-order valence-electron chi connectivity index (χ1n) is 6.18. The fourth-order valence-electron chi connectivity index (χ4n) is 1.95. The van der Waals surface area contributed by atoms with Gasteiger partial charge in [0.05, 0.1) is 0 Å². The van der Waals surface area contributed by atoms with Crippen LogP contribution in [0.2, 0.25) is 0 Å². The van der Waals surface area contributed by atoms with E-state index < -0.39 is 0 Å². The molecule has 0 aliphatic heterocycles. The number of nitrogens with zero attached hydrogens (tertiary/aromatic N) is 4. The van der Waals surface area contributed by atoms with Crippen molar-refractivity contribution in [3.63, 3.8) is 0 Å². The lowest BCUT2D eigenvalue weighted by atomic mass is 10.2. The van der Waals surface area contributed by atoms with Crippen LogP contribution in [0.1, 0.15) is 18.1 Å². The quantitative estimate of drug-likeness (QED) is 0.625. The number of nitrogens with one attached hydrogen (secondary N) is 1. The van der Waals surface area contributed by atoms with Gasteiger partial charge in [0, 0.05) is 31.0 Å². The van der Waals surface area contributed by atoms with Crippen LogP contribution in [0, 0.1) is 6.92 Å². The summed E-state index contributed by atoms with van der Waals surface area (Å²) in [5, 5.41) is 0. The molecule has 0 saturated heterocycles. The molecular weight excluding hydrogens is 240 g/mol. The van der Waals surface area contributed by atoms with Crippen LogP contribution in [-0.2, 0) is 6.54 Å². The molecule has 0 fully saturated rings. The second-order valence-electron chi connectivity index (χ2n) is 4.18. The molecule has 19 heavy (non-hydrogen) atoms. The molecule has 100 valence electrons. The van der Waals surface area contributed by atoms with Crippen LogP contribution in [0.5, 0.6) is 0 Å². The first-order valence-corrected chi connectivity index (χ1v) is 6.18. The van der Waals surface area contributed by atoms with Gasteiger partial charge in [-0.1, -0.05) is 0 Å². The van der Waals surface area contributed by atoms with Crippen molar-refractivity contribution >= 4 is 11.6 Å². The SMILES string of the molecule is CCN(Cc1ccncc1)c1ncnc(NN)c1C. The zero-order chi connectivity index (χ0) is 13.7. The van der Waals surface area contributed by atoms with E-state index in [9.17, 15) is 0 Å². The van der Waals surface area contributed by atoms with E-state index in [0.717, 1.165) is 24.5 Å². The maximum Gasteiger partial charge on any atom is 0.148 e. The average Bonchev–Trinajstić information content (AvgIpc) is 2.46. The predicted octanol–water partition coefficient (Wildman–Crippen LogP) is 1.49. The minimum absolute atomic E-state index is 0.651. The topological polar surface area (TPSA) is 80.0 Å². The van der Waals surface area contributed by atoms with Gasteiger partial charge in [0.1, 0.15) is 18.0 Å². The molecule has 0 aliphatic carbocycles. The van der Waals surface area contributed by atoms with Gasteiger partial charge in [-0.05, 0) is 31.5 Å². The number of pyridine rings is 1. The Labute approximate surface area is 112 Å². The van der Waals surface area contributed by atoms with Gasteiger partial charge in [-0.15, -0.1) is 0 Å². The van der Waals surface area contributed by atoms with Crippen molar-refractivity contribution in [1.82, 2.24) is 15.0 Å². The molecule has 0 unspecified atom stereocenters. The second-order valence-corrected chi connectivity index (χ2v) is 4.18. The van der Waals surface area contributed by atoms with E-state index in [1.165, 1.54) is 11.9 Å². The molecule has 0 atom stereocenters. The molecule has 0 saturated carbocycles. The lowest BCUT2D eigenvalue weighted by molar-refractivity contribution is 0.803. The smallest absolute Gasteiger partial charge is 0.148 e. The van der Waals surface area contributed by atoms with Crippen LogP contribution < -0.4 is 16.2 Å². The molecule has 0 amide bonds. The summed E-state index contributed by atoms with van der Waals surface area (Å²) < 4.78 is 0. The van der Waals surface area contributed by atoms with Crippen molar-refractivity contribution < 1.29 is 0 Å². The summed E-state index contributed by atoms with van der Waals surface area (Å²) in [6.07, 6.45) is 5.11. The summed E-state index contributed by atoms with van der Waals surface area (Å²) in [7, 11) is 0. The van der Waals surface area contributed by atoms with Gasteiger partial charge in [-0.2, -0.15) is 0 Å². The zero-order valence-corrected chi connectivity index (χ0v) is 11.2. The Balaban J connectivity index is 2.27. The Morgan fingerprint density at radius 3 is 2.63 bits per heavy atom. The number of anilines is 2. The minimum Gasteiger partial charge on any atom is -0.352 e. The highest BCUT2D eigenvalue weighted by molar-refractivity contribution is 5.57. The summed E-state index contributed by atoms with van der Waals surface area (Å²) in [5.41, 5.74) is 4.73. The molecule has 0 bridgehead atoms. The number of nitrogen functional groups attached to an aromatic ring is 1. The van der Waals surface area contributed by atoms with E-state index in [-0.39, 0.29) is 0 Å². The molecule has 0 radical (unpaired) electrons. The third-order valence-corrected chi connectivity index (χ3v) is 3.00. The zero-order valence-electron chi connectivity index (χ0n) is 11.2. The van der Waals surface area contributed by atoms with Gasteiger partial charge >= 0.3 is 0 Å². The van der Waals surface area contributed by atoms with Crippen molar-refractivity contribution in [1.29, 1.82) is 0 Å². The van der Waals surface area contributed by atoms with Crippen molar-refractivity contribution in [2.75, 3.05) is 16.9 Å². The predicted molar refractivity (Wildman–Crippen MR) is 75.5 cm³/mol. The lowest BCUT2D eigenvalue weighted by Gasteiger charge is -2.24. The highest BCUT2D eigenvalue weighted by Crippen LogP contribution is 2.22. The van der Waals surface area contributed by atoms with Crippen molar-refractivity contribution in [2.24, 2.45) is 5.84 Å². The first-order chi connectivity index (χ1) is 9.26. The Morgan fingerprint density at radius 2 is 2.00 bits per heavy atom. The summed E-state index contributed by atoms with van der Waals surface area (Å²) in [6, 6.07) is 4.00. The molecule has 2 heterocycles. The van der Waals surface area contributed by atoms with Gasteiger partial charge < -0.3 is 10.3 Å². The van der Waals surface area contributed by atoms with Gasteiger partial charge in [0.25, 0.3) is 0 Å². The molecule has 0 aromatic carbocycles. The summed E-state index contributed by atoms with van der Waals surface area (Å²) >= 11 is 0. The third kappa shape index (κ3) is 2.97. The Bertz CT molecular complexity index is 528. The van der Waals surface area contributed by atoms with E-state index in [0.29, 0.717) is 5.82 Å². The fraction of sp³-hybridized carbons (Fsp3) is 0.308. The number of rotatable bonds is 5. The van der Waals surface area contributed by atoms with E-state index in [1.54, 1.807) is 12.4 Å². The molecule has 2 aromatic rings. The monoisotopic (exact) mass is 258 g/mol. The van der Waals surface area contributed by atoms with Crippen LogP contribution in [0.4, 0.5) is 11.6 Å². The molecule has 6 heteroatoms. The summed E-state index contributed by atoms with van der Waals surface area (Å²) in [4.78, 5) is 14.7. The molecule has 2 rings (SSSR count). The molecule has 2 aromatic heterocycles. The molecule has 0 aliphatic rings. The Morgan fingerprint density at radius 1 is 1.26 bits per heavy atom. The van der Waals surface area contributed by atoms with E-state index in [1.807, 2.05) is 19.1 Å². The maximum absolute atomic E-state index is 5.45. The van der Waals surface area contributed by atoms with Crippen LogP contribution in [-0.4, -0.2) is 21.5 Å². The Kier molecular flexibility index (Phi) is 4.25. The molecular formula is C13H18N6. The molecule has 6 nitrogen and oxygen atoms in total. The van der Waals surface area contributed by atoms with E-state index in [4.69, 9.17) is 5.84 Å². The summed E-state index contributed by atoms with van der Waals surface area (Å²) in [6.45, 7) is 5.68. The highest BCUT2D eigenvalue weighted by atomic mass is 15.3. The molecule has 0 spiro atoms. The van der Waals surface area contributed by atoms with Crippen molar-refractivity contribution in [3.8, 4) is 0 Å². The van der Waals surface area contributed by atoms with Crippen molar-refractivity contribution in [2.45, 2.75) is 20.4 Å². The van der Waals surface area contributed by atoms with E-state index in [2.05, 4.69) is 32.2 Å². The van der Waals surface area contributed by atoms with Crippen LogP contribution in [0.3, 0.4) is 0 Å². The van der Waals surface area contributed by atoms with Gasteiger partial charge in [0.2, 0.25) is 0 Å². The number of aromatic nitrogens is 3. The number of hydrazine groups is 1. The van der Waals surface area contributed by atoms with Gasteiger partial charge in [-0.25, -0.2) is 15.8 Å². The Hall–Kier alpha value is -2.21. The third-order valence-electron chi connectivity index (χ3n) is 3.00. The average molecular weight is 258 g/mol. The van der Waals surface area contributed by atoms with Gasteiger partial charge in [-0.3, -0.25) is 4.98 Å². The van der Waals surface area contributed by atoms with Crippen molar-refractivity contribution in [3.05, 3.63) is 42.0 Å². The fourth-order valence-corrected chi connectivity index (χ4v) is 1.95. The summed E-state index contributed by atoms with van der Waals surface area (Å²) in [5.74, 6) is 6.99. The first kappa shape index (κ1) is 13.2. The minimum atomic E-state index is 0.651.